The van der Waals surface area contributed by atoms with Gasteiger partial charge in [-0.05, 0) is 36.8 Å². The van der Waals surface area contributed by atoms with E-state index in [-0.39, 0.29) is 17.5 Å². The second kappa shape index (κ2) is 7.25. The van der Waals surface area contributed by atoms with E-state index in [1.165, 1.54) is 19.3 Å². The minimum atomic E-state index is -0.938. The lowest BCUT2D eigenvalue weighted by Crippen LogP contribution is -2.41. The summed E-state index contributed by atoms with van der Waals surface area (Å²) in [7, 11) is 0. The van der Waals surface area contributed by atoms with Crippen molar-refractivity contribution in [1.82, 2.24) is 5.32 Å². The van der Waals surface area contributed by atoms with Crippen LogP contribution in [0.4, 0.5) is 0 Å². The van der Waals surface area contributed by atoms with Gasteiger partial charge < -0.3 is 10.4 Å². The van der Waals surface area contributed by atoms with Gasteiger partial charge in [0.2, 0.25) is 5.91 Å². The predicted molar refractivity (Wildman–Crippen MR) is 81.3 cm³/mol. The van der Waals surface area contributed by atoms with Gasteiger partial charge in [0.25, 0.3) is 0 Å². The Bertz CT molecular complexity index is 513. The summed E-state index contributed by atoms with van der Waals surface area (Å²) in [6.07, 6.45) is 5.46. The zero-order chi connectivity index (χ0) is 15.2. The summed E-state index contributed by atoms with van der Waals surface area (Å²) in [6.45, 7) is 2.18. The fourth-order valence-electron chi connectivity index (χ4n) is 3.00. The average molecular weight is 289 g/mol. The second-order valence-corrected chi connectivity index (χ2v) is 5.90. The Balaban J connectivity index is 1.88. The Labute approximate surface area is 125 Å². The molecule has 0 bridgehead atoms. The van der Waals surface area contributed by atoms with Gasteiger partial charge in [-0.3, -0.25) is 4.79 Å². The first-order valence-electron chi connectivity index (χ1n) is 7.68. The number of carbonyl (C=O) groups is 2. The molecule has 4 heteroatoms. The van der Waals surface area contributed by atoms with Gasteiger partial charge in [-0.1, -0.05) is 38.0 Å². The summed E-state index contributed by atoms with van der Waals surface area (Å²) in [5.41, 5.74) is 1.01. The standard InChI is InChI=1S/C17H23NO3/c1-12-6-2-5-9-15(12)18-16(19)11-10-13-7-3-4-8-14(13)17(20)21/h3-4,7-8,12,15H,2,5-6,9-11H2,1H3,(H,18,19)(H,20,21). The molecule has 1 amide bonds. The van der Waals surface area contributed by atoms with Crippen molar-refractivity contribution in [2.45, 2.75) is 51.5 Å². The zero-order valence-electron chi connectivity index (χ0n) is 12.5. The number of carbonyl (C=O) groups excluding carboxylic acids is 1. The summed E-state index contributed by atoms with van der Waals surface area (Å²) in [5, 5.41) is 12.2. The molecule has 4 nitrogen and oxygen atoms in total. The van der Waals surface area contributed by atoms with Crippen LogP contribution in [0.5, 0.6) is 0 Å². The normalized spacial score (nSPS) is 21.8. The van der Waals surface area contributed by atoms with E-state index in [0.717, 1.165) is 12.0 Å². The first-order valence-corrected chi connectivity index (χ1v) is 7.68. The number of rotatable bonds is 5. The minimum absolute atomic E-state index is 0.0222. The highest BCUT2D eigenvalue weighted by atomic mass is 16.4. The van der Waals surface area contributed by atoms with Gasteiger partial charge in [0, 0.05) is 12.5 Å². The van der Waals surface area contributed by atoms with Crippen LogP contribution < -0.4 is 5.32 Å². The number of amides is 1. The van der Waals surface area contributed by atoms with Crippen LogP contribution in [0, 0.1) is 5.92 Å². The third-order valence-electron chi connectivity index (χ3n) is 4.33. The highest BCUT2D eigenvalue weighted by Gasteiger charge is 2.22. The average Bonchev–Trinajstić information content (AvgIpc) is 2.48. The van der Waals surface area contributed by atoms with Gasteiger partial charge in [0.05, 0.1) is 5.56 Å². The molecular formula is C17H23NO3. The van der Waals surface area contributed by atoms with Crippen molar-refractivity contribution >= 4 is 11.9 Å². The predicted octanol–water partition coefficient (Wildman–Crippen LogP) is 3.01. The monoisotopic (exact) mass is 289 g/mol. The van der Waals surface area contributed by atoms with Crippen molar-refractivity contribution in [2.24, 2.45) is 5.92 Å². The van der Waals surface area contributed by atoms with E-state index in [4.69, 9.17) is 5.11 Å². The summed E-state index contributed by atoms with van der Waals surface area (Å²) in [4.78, 5) is 23.2. The SMILES string of the molecule is CC1CCCCC1NC(=O)CCc1ccccc1C(=O)O. The smallest absolute Gasteiger partial charge is 0.335 e. The van der Waals surface area contributed by atoms with Crippen LogP contribution in [0.25, 0.3) is 0 Å². The van der Waals surface area contributed by atoms with E-state index in [1.807, 2.05) is 6.07 Å². The maximum absolute atomic E-state index is 12.1. The Morgan fingerprint density at radius 1 is 1.24 bits per heavy atom. The number of carboxylic acid groups (broad SMARTS) is 1. The topological polar surface area (TPSA) is 66.4 Å². The Kier molecular flexibility index (Phi) is 5.37. The molecule has 0 radical (unpaired) electrons. The van der Waals surface area contributed by atoms with E-state index in [0.29, 0.717) is 18.8 Å². The fraction of sp³-hybridized carbons (Fsp3) is 0.529. The second-order valence-electron chi connectivity index (χ2n) is 5.90. The van der Waals surface area contributed by atoms with Crippen molar-refractivity contribution in [3.05, 3.63) is 35.4 Å². The number of nitrogens with one attached hydrogen (secondary N) is 1. The number of aromatic carboxylic acids is 1. The van der Waals surface area contributed by atoms with Gasteiger partial charge >= 0.3 is 5.97 Å². The molecule has 21 heavy (non-hydrogen) atoms. The maximum atomic E-state index is 12.1. The molecule has 0 saturated heterocycles. The van der Waals surface area contributed by atoms with Crippen molar-refractivity contribution in [1.29, 1.82) is 0 Å². The first kappa shape index (κ1) is 15.5. The third kappa shape index (κ3) is 4.31. The van der Waals surface area contributed by atoms with E-state index in [9.17, 15) is 9.59 Å². The lowest BCUT2D eigenvalue weighted by Gasteiger charge is -2.29. The molecular weight excluding hydrogens is 266 g/mol. The quantitative estimate of drug-likeness (QED) is 0.875. The summed E-state index contributed by atoms with van der Waals surface area (Å²) >= 11 is 0. The Hall–Kier alpha value is -1.84. The largest absolute Gasteiger partial charge is 0.478 e. The van der Waals surface area contributed by atoms with Gasteiger partial charge in [-0.25, -0.2) is 4.79 Å². The van der Waals surface area contributed by atoms with Crippen LogP contribution in [0.15, 0.2) is 24.3 Å². The summed E-state index contributed by atoms with van der Waals surface area (Å²) < 4.78 is 0. The molecule has 0 spiro atoms. The lowest BCUT2D eigenvalue weighted by atomic mass is 9.86. The van der Waals surface area contributed by atoms with Crippen molar-refractivity contribution in [2.75, 3.05) is 0 Å². The molecule has 2 rings (SSSR count). The third-order valence-corrected chi connectivity index (χ3v) is 4.33. The van der Waals surface area contributed by atoms with Crippen LogP contribution in [-0.2, 0) is 11.2 Å². The molecule has 0 heterocycles. The number of benzene rings is 1. The molecule has 1 aliphatic rings. The Morgan fingerprint density at radius 3 is 2.67 bits per heavy atom. The molecule has 2 unspecified atom stereocenters. The van der Waals surface area contributed by atoms with Crippen LogP contribution in [0.2, 0.25) is 0 Å². The molecule has 114 valence electrons. The van der Waals surface area contributed by atoms with E-state index >= 15 is 0 Å². The number of hydrogen-bond acceptors (Lipinski definition) is 2. The maximum Gasteiger partial charge on any atom is 0.335 e. The molecule has 1 saturated carbocycles. The molecule has 0 aromatic heterocycles. The van der Waals surface area contributed by atoms with Crippen LogP contribution >= 0.6 is 0 Å². The summed E-state index contributed by atoms with van der Waals surface area (Å²) in [5.74, 6) is -0.380. The molecule has 0 aliphatic heterocycles. The fourth-order valence-corrected chi connectivity index (χ4v) is 3.00. The molecule has 1 aliphatic carbocycles. The molecule has 1 aromatic carbocycles. The van der Waals surface area contributed by atoms with E-state index < -0.39 is 5.97 Å². The van der Waals surface area contributed by atoms with Crippen molar-refractivity contribution in [3.63, 3.8) is 0 Å². The van der Waals surface area contributed by atoms with Crippen LogP contribution in [0.3, 0.4) is 0 Å². The minimum Gasteiger partial charge on any atom is -0.478 e. The van der Waals surface area contributed by atoms with Crippen molar-refractivity contribution < 1.29 is 14.7 Å². The van der Waals surface area contributed by atoms with Gasteiger partial charge in [0.1, 0.15) is 0 Å². The van der Waals surface area contributed by atoms with Gasteiger partial charge in [-0.2, -0.15) is 0 Å². The van der Waals surface area contributed by atoms with Crippen molar-refractivity contribution in [3.8, 4) is 0 Å². The highest BCUT2D eigenvalue weighted by molar-refractivity contribution is 5.89. The van der Waals surface area contributed by atoms with Gasteiger partial charge in [-0.15, -0.1) is 0 Å². The molecule has 2 N–H and O–H groups in total. The molecule has 1 fully saturated rings. The lowest BCUT2D eigenvalue weighted by molar-refractivity contribution is -0.122. The highest BCUT2D eigenvalue weighted by Crippen LogP contribution is 2.23. The Morgan fingerprint density at radius 2 is 1.95 bits per heavy atom. The van der Waals surface area contributed by atoms with Crippen LogP contribution in [0.1, 0.15) is 54.9 Å². The molecule has 1 aromatic rings. The van der Waals surface area contributed by atoms with E-state index in [1.54, 1.807) is 18.2 Å². The van der Waals surface area contributed by atoms with Gasteiger partial charge in [0.15, 0.2) is 0 Å². The van der Waals surface area contributed by atoms with Crippen LogP contribution in [-0.4, -0.2) is 23.0 Å². The number of hydrogen-bond donors (Lipinski definition) is 2. The zero-order valence-corrected chi connectivity index (χ0v) is 12.5. The van der Waals surface area contributed by atoms with E-state index in [2.05, 4.69) is 12.2 Å². The first-order chi connectivity index (χ1) is 10.1. The number of aryl methyl sites for hydroxylation is 1. The molecule has 2 atom stereocenters. The number of carboxylic acids is 1. The summed E-state index contributed by atoms with van der Waals surface area (Å²) in [6, 6.07) is 7.15.